The van der Waals surface area contributed by atoms with Crippen LogP contribution in [0.15, 0.2) is 46.8 Å². The van der Waals surface area contributed by atoms with Gasteiger partial charge in [0.25, 0.3) is 5.69 Å². The molecular weight excluding hydrogens is 388 g/mol. The van der Waals surface area contributed by atoms with Gasteiger partial charge in [0.15, 0.2) is 0 Å². The highest BCUT2D eigenvalue weighted by Gasteiger charge is 2.16. The second-order valence-electron chi connectivity index (χ2n) is 5.45. The number of hydrogen-bond donors (Lipinski definition) is 0. The van der Waals surface area contributed by atoms with E-state index in [2.05, 4.69) is 15.2 Å². The van der Waals surface area contributed by atoms with Crippen LogP contribution in [-0.2, 0) is 5.75 Å². The summed E-state index contributed by atoms with van der Waals surface area (Å²) < 4.78 is 1.05. The summed E-state index contributed by atoms with van der Waals surface area (Å²) in [6.45, 7) is 1.98. The number of aromatic nitrogens is 3. The molecule has 0 aliphatic rings. The number of nitrogens with zero attached hydrogens (tertiary/aromatic N) is 4. The van der Waals surface area contributed by atoms with Crippen LogP contribution in [0.4, 0.5) is 5.69 Å². The molecule has 4 rings (SSSR count). The van der Waals surface area contributed by atoms with Crippen molar-refractivity contribution in [2.24, 2.45) is 0 Å². The molecule has 130 valence electrons. The van der Waals surface area contributed by atoms with Gasteiger partial charge in [-0.3, -0.25) is 10.1 Å². The fraction of sp³-hybridized carbons (Fsp3) is 0.118. The summed E-state index contributed by atoms with van der Waals surface area (Å²) in [5.74, 6) is 0.650. The normalized spacial score (nSPS) is 11.1. The van der Waals surface area contributed by atoms with Crippen molar-refractivity contribution in [3.8, 4) is 10.6 Å². The number of non-ortho nitro benzene ring substituents is 1. The van der Waals surface area contributed by atoms with E-state index in [-0.39, 0.29) is 5.69 Å². The second kappa shape index (κ2) is 7.10. The van der Waals surface area contributed by atoms with Gasteiger partial charge in [0, 0.05) is 17.9 Å². The molecule has 0 N–H and O–H groups in total. The minimum Gasteiger partial charge on any atom is -0.258 e. The van der Waals surface area contributed by atoms with Gasteiger partial charge in [-0.1, -0.05) is 30.0 Å². The molecule has 3 aromatic heterocycles. The van der Waals surface area contributed by atoms with Gasteiger partial charge in [0.1, 0.15) is 16.2 Å². The Balaban J connectivity index is 1.63. The van der Waals surface area contributed by atoms with Crippen LogP contribution in [-0.4, -0.2) is 20.1 Å². The van der Waals surface area contributed by atoms with Gasteiger partial charge in [0.05, 0.1) is 19.5 Å². The molecule has 6 nitrogen and oxygen atoms in total. The molecule has 0 radical (unpaired) electrons. The molecule has 0 atom stereocenters. The Morgan fingerprint density at radius 1 is 1.19 bits per heavy atom. The first kappa shape index (κ1) is 17.1. The van der Waals surface area contributed by atoms with Gasteiger partial charge in [0.2, 0.25) is 0 Å². The zero-order valence-corrected chi connectivity index (χ0v) is 16.0. The first-order chi connectivity index (χ1) is 12.6. The molecule has 0 aliphatic heterocycles. The summed E-state index contributed by atoms with van der Waals surface area (Å²) in [5.41, 5.74) is 2.83. The maximum absolute atomic E-state index is 10.7. The molecule has 0 fully saturated rings. The SMILES string of the molecule is Cc1nc2c(SCc3ccc([N+](=O)[O-])cc3)nnc(-c3cccs3)c2s1. The predicted octanol–water partition coefficient (Wildman–Crippen LogP) is 5.32. The van der Waals surface area contributed by atoms with E-state index in [9.17, 15) is 10.1 Å². The Labute approximate surface area is 161 Å². The minimum atomic E-state index is -0.396. The van der Waals surface area contributed by atoms with E-state index >= 15 is 0 Å². The van der Waals surface area contributed by atoms with Gasteiger partial charge in [-0.25, -0.2) is 4.98 Å². The van der Waals surface area contributed by atoms with Gasteiger partial charge < -0.3 is 0 Å². The Bertz CT molecular complexity index is 1080. The average Bonchev–Trinajstić information content (AvgIpc) is 3.29. The van der Waals surface area contributed by atoms with E-state index in [0.29, 0.717) is 5.75 Å². The number of nitro groups is 1. The lowest BCUT2D eigenvalue weighted by molar-refractivity contribution is -0.384. The molecule has 4 aromatic rings. The lowest BCUT2D eigenvalue weighted by atomic mass is 10.2. The van der Waals surface area contributed by atoms with E-state index in [4.69, 9.17) is 0 Å². The van der Waals surface area contributed by atoms with Crippen LogP contribution in [0.5, 0.6) is 0 Å². The van der Waals surface area contributed by atoms with Crippen LogP contribution in [0, 0.1) is 17.0 Å². The van der Waals surface area contributed by atoms with Gasteiger partial charge in [-0.05, 0) is 23.9 Å². The molecular formula is C17H12N4O2S3. The van der Waals surface area contributed by atoms with Crippen LogP contribution in [0.2, 0.25) is 0 Å². The second-order valence-corrected chi connectivity index (χ2v) is 8.57. The van der Waals surface area contributed by atoms with E-state index in [1.807, 2.05) is 24.4 Å². The Hall–Kier alpha value is -2.36. The number of fused-ring (bicyclic) bond motifs is 1. The summed E-state index contributed by atoms with van der Waals surface area (Å²) in [4.78, 5) is 16.1. The molecule has 0 amide bonds. The zero-order valence-electron chi connectivity index (χ0n) is 13.6. The smallest absolute Gasteiger partial charge is 0.258 e. The van der Waals surface area contributed by atoms with Crippen molar-refractivity contribution in [2.75, 3.05) is 0 Å². The standard InChI is InChI=1S/C17H12N4O2S3/c1-10-18-15-16(26-10)14(13-3-2-8-24-13)19-20-17(15)25-9-11-4-6-12(7-5-11)21(22)23/h2-8H,9H2,1H3. The van der Waals surface area contributed by atoms with Crippen molar-refractivity contribution in [1.29, 1.82) is 0 Å². The van der Waals surface area contributed by atoms with Crippen LogP contribution < -0.4 is 0 Å². The molecule has 26 heavy (non-hydrogen) atoms. The highest BCUT2D eigenvalue weighted by molar-refractivity contribution is 7.98. The van der Waals surface area contributed by atoms with Crippen LogP contribution in [0.25, 0.3) is 20.8 Å². The summed E-state index contributed by atoms with van der Waals surface area (Å²) >= 11 is 4.80. The van der Waals surface area contributed by atoms with E-state index in [1.54, 1.807) is 46.6 Å². The Morgan fingerprint density at radius 2 is 2.00 bits per heavy atom. The largest absolute Gasteiger partial charge is 0.269 e. The third kappa shape index (κ3) is 3.33. The summed E-state index contributed by atoms with van der Waals surface area (Å²) in [6, 6.07) is 10.6. The number of thiazole rings is 1. The van der Waals surface area contributed by atoms with Gasteiger partial charge in [-0.2, -0.15) is 0 Å². The molecule has 0 aliphatic carbocycles. The minimum absolute atomic E-state index is 0.0939. The molecule has 9 heteroatoms. The summed E-state index contributed by atoms with van der Waals surface area (Å²) in [5, 5.41) is 23.4. The highest BCUT2D eigenvalue weighted by atomic mass is 32.2. The van der Waals surface area contributed by atoms with Gasteiger partial charge >= 0.3 is 0 Å². The topological polar surface area (TPSA) is 81.8 Å². The Kier molecular flexibility index (Phi) is 4.66. The summed E-state index contributed by atoms with van der Waals surface area (Å²) in [7, 11) is 0. The number of aryl methyl sites for hydroxylation is 1. The van der Waals surface area contributed by atoms with Crippen molar-refractivity contribution >= 4 is 50.3 Å². The molecule has 0 saturated carbocycles. The lowest BCUT2D eigenvalue weighted by Crippen LogP contribution is -1.92. The maximum atomic E-state index is 10.7. The van der Waals surface area contributed by atoms with Crippen molar-refractivity contribution in [3.05, 3.63) is 62.5 Å². The summed E-state index contributed by atoms with van der Waals surface area (Å²) in [6.07, 6.45) is 0. The highest BCUT2D eigenvalue weighted by Crippen LogP contribution is 2.37. The third-order valence-electron chi connectivity index (χ3n) is 3.67. The number of rotatable bonds is 5. The van der Waals surface area contributed by atoms with Gasteiger partial charge in [-0.15, -0.1) is 32.9 Å². The fourth-order valence-electron chi connectivity index (χ4n) is 2.46. The molecule has 3 heterocycles. The Morgan fingerprint density at radius 3 is 2.69 bits per heavy atom. The first-order valence-corrected chi connectivity index (χ1v) is 10.3. The van der Waals surface area contributed by atoms with Crippen molar-refractivity contribution in [1.82, 2.24) is 15.2 Å². The molecule has 0 unspecified atom stereocenters. The van der Waals surface area contributed by atoms with E-state index in [0.717, 1.165) is 36.4 Å². The van der Waals surface area contributed by atoms with Crippen molar-refractivity contribution in [2.45, 2.75) is 17.7 Å². The number of thiophene rings is 1. The maximum Gasteiger partial charge on any atom is 0.269 e. The van der Waals surface area contributed by atoms with E-state index < -0.39 is 4.92 Å². The van der Waals surface area contributed by atoms with Crippen LogP contribution in [0.3, 0.4) is 0 Å². The van der Waals surface area contributed by atoms with E-state index in [1.165, 1.54) is 12.1 Å². The predicted molar refractivity (Wildman–Crippen MR) is 106 cm³/mol. The first-order valence-electron chi connectivity index (χ1n) is 7.65. The van der Waals surface area contributed by atoms with Crippen molar-refractivity contribution in [3.63, 3.8) is 0 Å². The quantitative estimate of drug-likeness (QED) is 0.256. The molecule has 0 spiro atoms. The average molecular weight is 401 g/mol. The molecule has 1 aromatic carbocycles. The fourth-order valence-corrected chi connectivity index (χ4v) is 5.10. The molecule has 0 saturated heterocycles. The number of nitro benzene ring substituents is 1. The zero-order chi connectivity index (χ0) is 18.1. The number of hydrogen-bond acceptors (Lipinski definition) is 8. The van der Waals surface area contributed by atoms with Crippen LogP contribution in [0.1, 0.15) is 10.6 Å². The monoisotopic (exact) mass is 400 g/mol. The lowest BCUT2D eigenvalue weighted by Gasteiger charge is -2.04. The number of thioether (sulfide) groups is 1. The third-order valence-corrected chi connectivity index (χ3v) is 6.55. The molecule has 0 bridgehead atoms. The van der Waals surface area contributed by atoms with Crippen molar-refractivity contribution < 1.29 is 4.92 Å². The van der Waals surface area contributed by atoms with Crippen LogP contribution >= 0.6 is 34.4 Å². The number of benzene rings is 1.